The van der Waals surface area contributed by atoms with E-state index in [1.54, 1.807) is 30.3 Å². The molecule has 1 aliphatic heterocycles. The van der Waals surface area contributed by atoms with Crippen molar-refractivity contribution in [3.63, 3.8) is 0 Å². The van der Waals surface area contributed by atoms with Gasteiger partial charge in [0, 0.05) is 6.54 Å². The standard InChI is InChI=1S/C20H21N3O4S/c1-15-9-11-16(12-10-15)26-14-19-21-20(22-27-19)18-8-5-13-23(18)28(24,25)17-6-3-2-4-7-17/h2-4,6-7,9-12,18H,5,8,13-14H2,1H3. The quantitative estimate of drug-likeness (QED) is 0.631. The highest BCUT2D eigenvalue weighted by Gasteiger charge is 2.38. The normalized spacial score (nSPS) is 17.7. The van der Waals surface area contributed by atoms with Crippen molar-refractivity contribution in [2.24, 2.45) is 0 Å². The van der Waals surface area contributed by atoms with Crippen LogP contribution in [-0.2, 0) is 16.6 Å². The third-order valence-electron chi connectivity index (χ3n) is 4.72. The molecule has 0 radical (unpaired) electrons. The van der Waals surface area contributed by atoms with Crippen LogP contribution in [0.1, 0.15) is 36.2 Å². The van der Waals surface area contributed by atoms with Crippen LogP contribution < -0.4 is 4.74 Å². The smallest absolute Gasteiger partial charge is 0.264 e. The minimum absolute atomic E-state index is 0.133. The van der Waals surface area contributed by atoms with Gasteiger partial charge in [-0.05, 0) is 44.0 Å². The molecule has 0 N–H and O–H groups in total. The third kappa shape index (κ3) is 3.79. The van der Waals surface area contributed by atoms with Gasteiger partial charge in [-0.3, -0.25) is 0 Å². The van der Waals surface area contributed by atoms with Crippen LogP contribution in [0, 0.1) is 6.92 Å². The summed E-state index contributed by atoms with van der Waals surface area (Å²) in [4.78, 5) is 4.65. The molecule has 0 bridgehead atoms. The van der Waals surface area contributed by atoms with Gasteiger partial charge >= 0.3 is 0 Å². The number of hydrogen-bond donors (Lipinski definition) is 0. The zero-order chi connectivity index (χ0) is 19.6. The average molecular weight is 399 g/mol. The van der Waals surface area contributed by atoms with Gasteiger partial charge in [-0.15, -0.1) is 0 Å². The van der Waals surface area contributed by atoms with Crippen molar-refractivity contribution >= 4 is 10.0 Å². The van der Waals surface area contributed by atoms with Gasteiger partial charge < -0.3 is 9.26 Å². The lowest BCUT2D eigenvalue weighted by Crippen LogP contribution is -2.31. The SMILES string of the molecule is Cc1ccc(OCc2nc(C3CCCN3S(=O)(=O)c3ccccc3)no2)cc1. The summed E-state index contributed by atoms with van der Waals surface area (Å²) in [5.41, 5.74) is 1.15. The molecule has 0 amide bonds. The lowest BCUT2D eigenvalue weighted by Gasteiger charge is -2.21. The Morgan fingerprint density at radius 3 is 2.64 bits per heavy atom. The summed E-state index contributed by atoms with van der Waals surface area (Å²) in [6.07, 6.45) is 1.41. The second-order valence-corrected chi connectivity index (χ2v) is 8.63. The minimum atomic E-state index is -3.61. The lowest BCUT2D eigenvalue weighted by atomic mass is 10.2. The van der Waals surface area contributed by atoms with Crippen LogP contribution in [0.15, 0.2) is 64.0 Å². The maximum absolute atomic E-state index is 13.0. The molecule has 0 saturated carbocycles. The Bertz CT molecular complexity index is 1030. The molecule has 28 heavy (non-hydrogen) atoms. The van der Waals surface area contributed by atoms with Crippen LogP contribution in [0.5, 0.6) is 5.75 Å². The Hall–Kier alpha value is -2.71. The van der Waals surface area contributed by atoms with Crippen molar-refractivity contribution in [2.45, 2.75) is 37.3 Å². The Morgan fingerprint density at radius 1 is 1.14 bits per heavy atom. The van der Waals surface area contributed by atoms with Crippen LogP contribution in [0.4, 0.5) is 0 Å². The molecular formula is C20H21N3O4S. The second-order valence-electron chi connectivity index (χ2n) is 6.73. The van der Waals surface area contributed by atoms with E-state index in [9.17, 15) is 8.42 Å². The molecule has 1 atom stereocenters. The highest BCUT2D eigenvalue weighted by Crippen LogP contribution is 2.35. The van der Waals surface area contributed by atoms with E-state index in [2.05, 4.69) is 10.1 Å². The maximum atomic E-state index is 13.0. The Labute approximate surface area is 164 Å². The van der Waals surface area contributed by atoms with Gasteiger partial charge in [0.15, 0.2) is 12.4 Å². The van der Waals surface area contributed by atoms with Crippen LogP contribution in [0.25, 0.3) is 0 Å². The molecule has 2 aromatic carbocycles. The number of benzene rings is 2. The van der Waals surface area contributed by atoms with Gasteiger partial charge in [0.1, 0.15) is 5.75 Å². The first-order valence-corrected chi connectivity index (χ1v) is 10.6. The van der Waals surface area contributed by atoms with E-state index in [1.165, 1.54) is 4.31 Å². The van der Waals surface area contributed by atoms with E-state index < -0.39 is 16.1 Å². The van der Waals surface area contributed by atoms with Crippen LogP contribution in [0.2, 0.25) is 0 Å². The van der Waals surface area contributed by atoms with Crippen molar-refractivity contribution in [3.8, 4) is 5.75 Å². The molecule has 146 valence electrons. The van der Waals surface area contributed by atoms with Crippen LogP contribution >= 0.6 is 0 Å². The largest absolute Gasteiger partial charge is 0.484 e. The van der Waals surface area contributed by atoms with Crippen LogP contribution in [-0.4, -0.2) is 29.4 Å². The zero-order valence-corrected chi connectivity index (χ0v) is 16.3. The van der Waals surface area contributed by atoms with E-state index in [0.717, 1.165) is 12.0 Å². The van der Waals surface area contributed by atoms with Gasteiger partial charge in [-0.25, -0.2) is 8.42 Å². The van der Waals surface area contributed by atoms with Crippen molar-refractivity contribution in [2.75, 3.05) is 6.54 Å². The summed E-state index contributed by atoms with van der Waals surface area (Å²) in [5, 5.41) is 4.01. The van der Waals surface area contributed by atoms with Gasteiger partial charge in [0.25, 0.3) is 5.89 Å². The first kappa shape index (κ1) is 18.6. The summed E-state index contributed by atoms with van der Waals surface area (Å²) in [6, 6.07) is 15.7. The van der Waals surface area contributed by atoms with E-state index in [4.69, 9.17) is 9.26 Å². The molecule has 7 nitrogen and oxygen atoms in total. The first-order valence-electron chi connectivity index (χ1n) is 9.13. The zero-order valence-electron chi connectivity index (χ0n) is 15.5. The molecule has 0 spiro atoms. The van der Waals surface area contributed by atoms with Gasteiger partial charge in [-0.2, -0.15) is 9.29 Å². The highest BCUT2D eigenvalue weighted by molar-refractivity contribution is 7.89. The number of ether oxygens (including phenoxy) is 1. The number of rotatable bonds is 6. The first-order chi connectivity index (χ1) is 13.5. The van der Waals surface area contributed by atoms with Gasteiger partial charge in [0.05, 0.1) is 10.9 Å². The Balaban J connectivity index is 1.49. The molecular weight excluding hydrogens is 378 g/mol. The van der Waals surface area contributed by atoms with E-state index in [1.807, 2.05) is 31.2 Å². The van der Waals surface area contributed by atoms with Crippen molar-refractivity contribution in [3.05, 3.63) is 71.9 Å². The number of sulfonamides is 1. The molecule has 0 aliphatic carbocycles. The van der Waals surface area contributed by atoms with Crippen LogP contribution in [0.3, 0.4) is 0 Å². The Kier molecular flexibility index (Phi) is 5.15. The summed E-state index contributed by atoms with van der Waals surface area (Å²) in [7, 11) is -3.61. The monoisotopic (exact) mass is 399 g/mol. The number of aromatic nitrogens is 2. The van der Waals surface area contributed by atoms with E-state index >= 15 is 0 Å². The summed E-state index contributed by atoms with van der Waals surface area (Å²) in [5.74, 6) is 1.40. The maximum Gasteiger partial charge on any atom is 0.264 e. The molecule has 3 aromatic rings. The molecule has 1 unspecified atom stereocenters. The average Bonchev–Trinajstić information content (AvgIpc) is 3.38. The Morgan fingerprint density at radius 2 is 1.89 bits per heavy atom. The molecule has 2 heterocycles. The lowest BCUT2D eigenvalue weighted by molar-refractivity contribution is 0.241. The molecule has 8 heteroatoms. The predicted molar refractivity (Wildman–Crippen MR) is 102 cm³/mol. The summed E-state index contributed by atoms with van der Waals surface area (Å²) in [6.45, 7) is 2.57. The molecule has 1 fully saturated rings. The minimum Gasteiger partial charge on any atom is -0.484 e. The molecule has 4 rings (SSSR count). The van der Waals surface area contributed by atoms with Crippen molar-refractivity contribution < 1.29 is 17.7 Å². The molecule has 1 saturated heterocycles. The topological polar surface area (TPSA) is 85.5 Å². The fourth-order valence-corrected chi connectivity index (χ4v) is 4.93. The van der Waals surface area contributed by atoms with Gasteiger partial charge in [0.2, 0.25) is 10.0 Å². The molecule has 1 aliphatic rings. The summed E-state index contributed by atoms with van der Waals surface area (Å²) < 4.78 is 38.4. The molecule has 1 aromatic heterocycles. The van der Waals surface area contributed by atoms with E-state index in [-0.39, 0.29) is 11.5 Å². The third-order valence-corrected chi connectivity index (χ3v) is 6.64. The fourth-order valence-electron chi connectivity index (χ4n) is 3.26. The van der Waals surface area contributed by atoms with Crippen molar-refractivity contribution in [1.29, 1.82) is 0 Å². The summed E-state index contributed by atoms with van der Waals surface area (Å²) >= 11 is 0. The van der Waals surface area contributed by atoms with E-state index in [0.29, 0.717) is 30.4 Å². The second kappa shape index (κ2) is 7.73. The van der Waals surface area contributed by atoms with Gasteiger partial charge in [-0.1, -0.05) is 41.1 Å². The highest BCUT2D eigenvalue weighted by atomic mass is 32.2. The van der Waals surface area contributed by atoms with Crippen molar-refractivity contribution in [1.82, 2.24) is 14.4 Å². The predicted octanol–water partition coefficient (Wildman–Crippen LogP) is 3.48. The number of hydrogen-bond acceptors (Lipinski definition) is 6. The number of nitrogens with zero attached hydrogens (tertiary/aromatic N) is 3. The fraction of sp³-hybridized carbons (Fsp3) is 0.300. The number of aryl methyl sites for hydroxylation is 1.